The van der Waals surface area contributed by atoms with E-state index in [1.54, 1.807) is 9.61 Å². The van der Waals surface area contributed by atoms with Crippen LogP contribution in [-0.2, 0) is 0 Å². The third-order valence-corrected chi connectivity index (χ3v) is 131. The van der Waals surface area contributed by atoms with Gasteiger partial charge in [-0.25, -0.2) is 0 Å². The molecule has 2 aliphatic rings. The molecular formula is C29H38I2Si2Sn2. The average Bonchev–Trinajstić information content (AvgIpc) is 3.54. The molecule has 0 nitrogen and oxygen atoms in total. The van der Waals surface area contributed by atoms with Crippen molar-refractivity contribution in [2.24, 2.45) is 0 Å². The van der Waals surface area contributed by atoms with Gasteiger partial charge in [0.05, 0.1) is 0 Å². The molecule has 2 aromatic rings. The number of allylic oxidation sites excluding steroid dienone is 8. The Morgan fingerprint density at radius 1 is 0.571 bits per heavy atom. The van der Waals surface area contributed by atoms with Crippen LogP contribution < -0.4 is 7.16 Å². The predicted molar refractivity (Wildman–Crippen MR) is 185 cm³/mol. The van der Waals surface area contributed by atoms with E-state index in [1.165, 1.54) is 8.12 Å². The van der Waals surface area contributed by atoms with Crippen LogP contribution in [0.1, 0.15) is 0 Å². The molecule has 184 valence electrons. The summed E-state index contributed by atoms with van der Waals surface area (Å²) in [5, 5.41) is 0. The molecule has 2 aliphatic carbocycles. The zero-order valence-electron chi connectivity index (χ0n) is 21.4. The van der Waals surface area contributed by atoms with Crippen LogP contribution in [0.5, 0.6) is 0 Å². The van der Waals surface area contributed by atoms with Crippen molar-refractivity contribution in [2.75, 3.05) is 0 Å². The first-order valence-corrected chi connectivity index (χ1v) is 46.9. The standard InChI is InChI=1S/2C8H13Si.2C6H5.CH2.2HI.2Sn/c2*1-9(2,3)8-6-4-5-7-8;2*1-2-4-6-5-3-1;;;;;/h2*4-8H,1H2,2-3H3;2*1-5H;1H2;2*1H;;/q;;;;;;;2*+1/p-2. The van der Waals surface area contributed by atoms with E-state index in [-0.39, 0.29) is 0 Å². The minimum atomic E-state index is -2.74. The molecule has 2 atom stereocenters. The quantitative estimate of drug-likeness (QED) is 0.166. The normalized spacial score (nSPS) is 19.8. The molecule has 0 spiro atoms. The fourth-order valence-electron chi connectivity index (χ4n) is 6.04. The van der Waals surface area contributed by atoms with Crippen molar-refractivity contribution in [3.63, 3.8) is 0 Å². The molecule has 6 heteroatoms. The van der Waals surface area contributed by atoms with Crippen LogP contribution in [0.3, 0.4) is 0 Å². The Labute approximate surface area is 243 Å². The molecular weight excluding hydrogens is 896 g/mol. The predicted octanol–water partition coefficient (Wildman–Crippen LogP) is 8.59. The maximum absolute atomic E-state index is 3.14. The van der Waals surface area contributed by atoms with Crippen LogP contribution in [-0.4, -0.2) is 45.0 Å². The second kappa shape index (κ2) is 12.0. The summed E-state index contributed by atoms with van der Waals surface area (Å²) in [5.41, 5.74) is 1.40. The van der Waals surface area contributed by atoms with E-state index >= 15 is 0 Å². The van der Waals surface area contributed by atoms with Crippen LogP contribution in [0.4, 0.5) is 0 Å². The Balaban J connectivity index is 1.75. The SMILES string of the molecule is C[Si](C)([CH2][Sn]([I])([CH2][Sn]([I])([CH2][Si](C)(C)C1C=CC=C1)[c]1ccccc1)[c]1ccccc1)C1C=CC=C1. The molecule has 0 aliphatic heterocycles. The zero-order chi connectivity index (χ0) is 25.2. The van der Waals surface area contributed by atoms with Crippen molar-refractivity contribution in [3.8, 4) is 0 Å². The average molecular weight is 934 g/mol. The van der Waals surface area contributed by atoms with E-state index in [0.717, 1.165) is 0 Å². The number of hydrogen-bond acceptors (Lipinski definition) is 0. The Morgan fingerprint density at radius 2 is 0.886 bits per heavy atom. The van der Waals surface area contributed by atoms with Gasteiger partial charge in [-0.1, -0.05) is 0 Å². The van der Waals surface area contributed by atoms with Crippen molar-refractivity contribution in [1.82, 2.24) is 0 Å². The van der Waals surface area contributed by atoms with Gasteiger partial charge in [-0.2, -0.15) is 0 Å². The van der Waals surface area contributed by atoms with Crippen LogP contribution in [0.15, 0.2) is 109 Å². The number of rotatable bonds is 10. The molecule has 2 unspecified atom stereocenters. The molecule has 0 radical (unpaired) electrons. The van der Waals surface area contributed by atoms with Crippen LogP contribution in [0, 0.1) is 0 Å². The molecule has 0 aromatic heterocycles. The molecule has 0 fully saturated rings. The molecule has 0 heterocycles. The van der Waals surface area contributed by atoms with Gasteiger partial charge < -0.3 is 0 Å². The Kier molecular flexibility index (Phi) is 9.87. The zero-order valence-corrected chi connectivity index (χ0v) is 33.4. The van der Waals surface area contributed by atoms with Crippen molar-refractivity contribution in [2.45, 2.75) is 47.8 Å². The van der Waals surface area contributed by atoms with Crippen molar-refractivity contribution in [1.29, 1.82) is 0 Å². The molecule has 0 saturated heterocycles. The summed E-state index contributed by atoms with van der Waals surface area (Å²) < 4.78 is 8.15. The fourth-order valence-corrected chi connectivity index (χ4v) is 230. The first-order chi connectivity index (χ1) is 16.5. The van der Waals surface area contributed by atoms with Gasteiger partial charge in [0.2, 0.25) is 0 Å². The van der Waals surface area contributed by atoms with Gasteiger partial charge in [-0.3, -0.25) is 0 Å². The van der Waals surface area contributed by atoms with E-state index in [2.05, 4.69) is 173 Å². The van der Waals surface area contributed by atoms with Gasteiger partial charge in [0.25, 0.3) is 0 Å². The van der Waals surface area contributed by atoms with E-state index in [9.17, 15) is 0 Å². The second-order valence-corrected chi connectivity index (χ2v) is 77.6. The monoisotopic (exact) mass is 936 g/mol. The molecule has 0 amide bonds. The number of benzene rings is 2. The van der Waals surface area contributed by atoms with E-state index in [4.69, 9.17) is 0 Å². The Morgan fingerprint density at radius 3 is 1.20 bits per heavy atom. The summed E-state index contributed by atoms with van der Waals surface area (Å²) in [5.74, 6) is 0. The third-order valence-electron chi connectivity index (χ3n) is 7.92. The molecule has 0 N–H and O–H groups in total. The van der Waals surface area contributed by atoms with Gasteiger partial charge in [-0.05, 0) is 0 Å². The van der Waals surface area contributed by atoms with Crippen LogP contribution in [0.25, 0.3) is 0 Å². The van der Waals surface area contributed by atoms with E-state index in [1.807, 2.05) is 0 Å². The van der Waals surface area contributed by atoms with Crippen molar-refractivity contribution in [3.05, 3.63) is 109 Å². The molecule has 2 aromatic carbocycles. The fraction of sp³-hybridized carbons (Fsp3) is 0.310. The Bertz CT molecular complexity index is 1010. The molecule has 4 rings (SSSR count). The minimum absolute atomic E-state index is 0.701. The maximum atomic E-state index is 3.14. The van der Waals surface area contributed by atoms with Crippen molar-refractivity contribution < 1.29 is 0 Å². The van der Waals surface area contributed by atoms with Gasteiger partial charge >= 0.3 is 247 Å². The van der Waals surface area contributed by atoms with Gasteiger partial charge in [0, 0.05) is 0 Å². The third kappa shape index (κ3) is 7.10. The summed E-state index contributed by atoms with van der Waals surface area (Å²) in [6.07, 6.45) is 19.1. The number of hydrogen-bond donors (Lipinski definition) is 0. The second-order valence-electron chi connectivity index (χ2n) is 11.8. The summed E-state index contributed by atoms with van der Waals surface area (Å²) in [6.45, 7) is 10.7. The van der Waals surface area contributed by atoms with E-state index < -0.39 is 45.0 Å². The molecule has 35 heavy (non-hydrogen) atoms. The summed E-state index contributed by atoms with van der Waals surface area (Å²) >= 11 is 0.797. The first kappa shape index (κ1) is 28.9. The van der Waals surface area contributed by atoms with Gasteiger partial charge in [0.1, 0.15) is 0 Å². The summed E-state index contributed by atoms with van der Waals surface area (Å²) in [7, 11) is -2.88. The van der Waals surface area contributed by atoms with Crippen molar-refractivity contribution >= 4 is 89.4 Å². The molecule has 0 bridgehead atoms. The van der Waals surface area contributed by atoms with E-state index in [0.29, 0.717) is 11.1 Å². The summed E-state index contributed by atoms with van der Waals surface area (Å²) in [4.78, 5) is 0. The van der Waals surface area contributed by atoms with Crippen LogP contribution >= 0.6 is 37.3 Å². The first-order valence-electron chi connectivity index (χ1n) is 12.7. The molecule has 0 saturated carbocycles. The van der Waals surface area contributed by atoms with Crippen LogP contribution in [0.2, 0.25) is 47.8 Å². The summed E-state index contributed by atoms with van der Waals surface area (Å²) in [6, 6.07) is 23.7. The Hall–Kier alpha value is 0.891. The van der Waals surface area contributed by atoms with Gasteiger partial charge in [-0.15, -0.1) is 0 Å². The topological polar surface area (TPSA) is 0 Å². The number of halogens is 2. The van der Waals surface area contributed by atoms with Gasteiger partial charge in [0.15, 0.2) is 0 Å².